The Kier molecular flexibility index (Phi) is 6.31. The third-order valence-electron chi connectivity index (χ3n) is 5.13. The summed E-state index contributed by atoms with van der Waals surface area (Å²) in [4.78, 5) is 2.64. The summed E-state index contributed by atoms with van der Waals surface area (Å²) in [6.07, 6.45) is 6.59. The van der Waals surface area contributed by atoms with E-state index in [9.17, 15) is 0 Å². The minimum atomic E-state index is 0.445. The highest BCUT2D eigenvalue weighted by molar-refractivity contribution is 4.94. The van der Waals surface area contributed by atoms with Crippen molar-refractivity contribution in [3.8, 4) is 0 Å². The Balaban J connectivity index is 1.94. The van der Waals surface area contributed by atoms with Crippen LogP contribution in [0.5, 0.6) is 0 Å². The van der Waals surface area contributed by atoms with Crippen LogP contribution in [0.4, 0.5) is 0 Å². The Hall–Kier alpha value is -0.120. The normalized spacial score (nSPS) is 31.9. The number of rotatable bonds is 5. The maximum Gasteiger partial charge on any atom is 0.0593 e. The molecule has 0 aromatic heterocycles. The van der Waals surface area contributed by atoms with Gasteiger partial charge in [-0.05, 0) is 43.6 Å². The average Bonchev–Trinajstić information content (AvgIpc) is 2.66. The maximum atomic E-state index is 5.59. The molecular weight excluding hydrogens is 248 g/mol. The number of ether oxygens (including phenoxy) is 1. The zero-order valence-electron chi connectivity index (χ0n) is 13.8. The van der Waals surface area contributed by atoms with Gasteiger partial charge in [0.2, 0.25) is 0 Å². The molecule has 1 aliphatic carbocycles. The molecule has 0 aromatic rings. The molecule has 1 saturated carbocycles. The predicted octanol–water partition coefficient (Wildman–Crippen LogP) is 2.90. The van der Waals surface area contributed by atoms with Gasteiger partial charge in [-0.1, -0.05) is 27.2 Å². The third kappa shape index (κ3) is 4.44. The van der Waals surface area contributed by atoms with E-state index in [0.717, 1.165) is 32.2 Å². The number of hydrogen-bond donors (Lipinski definition) is 1. The van der Waals surface area contributed by atoms with Gasteiger partial charge in [-0.2, -0.15) is 0 Å². The molecule has 2 atom stereocenters. The van der Waals surface area contributed by atoms with Gasteiger partial charge in [0, 0.05) is 32.3 Å². The van der Waals surface area contributed by atoms with Crippen LogP contribution >= 0.6 is 0 Å². The highest BCUT2D eigenvalue weighted by atomic mass is 16.5. The molecule has 3 nitrogen and oxygen atoms in total. The molecule has 0 spiro atoms. The van der Waals surface area contributed by atoms with Gasteiger partial charge in [0.25, 0.3) is 0 Å². The molecule has 2 fully saturated rings. The Bertz CT molecular complexity index is 272. The number of nitrogens with one attached hydrogen (secondary N) is 1. The molecule has 1 N–H and O–H groups in total. The van der Waals surface area contributed by atoms with Gasteiger partial charge in [-0.15, -0.1) is 0 Å². The lowest BCUT2D eigenvalue weighted by Gasteiger charge is -2.46. The summed E-state index contributed by atoms with van der Waals surface area (Å²) in [5.74, 6) is 0.809. The summed E-state index contributed by atoms with van der Waals surface area (Å²) in [6, 6.07) is 0.681. The molecule has 1 heterocycles. The van der Waals surface area contributed by atoms with Crippen molar-refractivity contribution in [2.45, 2.75) is 58.9 Å². The highest BCUT2D eigenvalue weighted by Gasteiger charge is 2.38. The molecule has 0 bridgehead atoms. The van der Waals surface area contributed by atoms with E-state index < -0.39 is 0 Å². The molecule has 20 heavy (non-hydrogen) atoms. The van der Waals surface area contributed by atoms with E-state index in [1.54, 1.807) is 0 Å². The van der Waals surface area contributed by atoms with Crippen molar-refractivity contribution in [1.29, 1.82) is 0 Å². The first kappa shape index (κ1) is 16.3. The Morgan fingerprint density at radius 3 is 2.85 bits per heavy atom. The summed E-state index contributed by atoms with van der Waals surface area (Å²) in [6.45, 7) is 13.8. The SMILES string of the molecule is CCCNC1C(CN2CCCOCC2)CCCC1(C)C. The second kappa shape index (κ2) is 7.77. The van der Waals surface area contributed by atoms with E-state index in [2.05, 4.69) is 31.0 Å². The van der Waals surface area contributed by atoms with Gasteiger partial charge in [-0.3, -0.25) is 0 Å². The Morgan fingerprint density at radius 2 is 2.05 bits per heavy atom. The summed E-state index contributed by atoms with van der Waals surface area (Å²) in [5, 5.41) is 3.86. The van der Waals surface area contributed by atoms with Crippen LogP contribution in [0.25, 0.3) is 0 Å². The molecular formula is C17H34N2O. The fraction of sp³-hybridized carbons (Fsp3) is 1.00. The molecule has 2 unspecified atom stereocenters. The topological polar surface area (TPSA) is 24.5 Å². The smallest absolute Gasteiger partial charge is 0.0593 e. The predicted molar refractivity (Wildman–Crippen MR) is 85.1 cm³/mol. The van der Waals surface area contributed by atoms with Gasteiger partial charge in [0.05, 0.1) is 6.61 Å². The van der Waals surface area contributed by atoms with Crippen molar-refractivity contribution in [2.75, 3.05) is 39.4 Å². The summed E-state index contributed by atoms with van der Waals surface area (Å²) in [5.41, 5.74) is 0.445. The zero-order chi connectivity index (χ0) is 14.4. The monoisotopic (exact) mass is 282 g/mol. The van der Waals surface area contributed by atoms with Crippen molar-refractivity contribution >= 4 is 0 Å². The molecule has 118 valence electrons. The second-order valence-electron chi connectivity index (χ2n) is 7.34. The van der Waals surface area contributed by atoms with Gasteiger partial charge in [0.1, 0.15) is 0 Å². The first-order valence-electron chi connectivity index (χ1n) is 8.67. The van der Waals surface area contributed by atoms with Crippen LogP contribution in [0.3, 0.4) is 0 Å². The lowest BCUT2D eigenvalue weighted by atomic mass is 9.67. The molecule has 2 aliphatic rings. The Labute approximate surface area is 125 Å². The van der Waals surface area contributed by atoms with Gasteiger partial charge >= 0.3 is 0 Å². The van der Waals surface area contributed by atoms with Crippen molar-refractivity contribution < 1.29 is 4.74 Å². The highest BCUT2D eigenvalue weighted by Crippen LogP contribution is 2.39. The standard InChI is InChI=1S/C17H34N2O/c1-4-9-18-16-15(7-5-8-17(16,2)3)14-19-10-6-12-20-13-11-19/h15-16,18H,4-14H2,1-3H3. The van der Waals surface area contributed by atoms with Crippen LogP contribution in [0.15, 0.2) is 0 Å². The average molecular weight is 282 g/mol. The van der Waals surface area contributed by atoms with E-state index in [4.69, 9.17) is 4.74 Å². The van der Waals surface area contributed by atoms with Crippen molar-refractivity contribution in [3.05, 3.63) is 0 Å². The molecule has 1 aliphatic heterocycles. The van der Waals surface area contributed by atoms with E-state index in [1.807, 2.05) is 0 Å². The molecule has 0 aromatic carbocycles. The molecule has 0 amide bonds. The van der Waals surface area contributed by atoms with Crippen LogP contribution in [0.2, 0.25) is 0 Å². The van der Waals surface area contributed by atoms with Crippen molar-refractivity contribution in [3.63, 3.8) is 0 Å². The van der Waals surface area contributed by atoms with Gasteiger partial charge < -0.3 is 15.0 Å². The molecule has 2 rings (SSSR count). The van der Waals surface area contributed by atoms with Crippen molar-refractivity contribution in [1.82, 2.24) is 10.2 Å². The summed E-state index contributed by atoms with van der Waals surface area (Å²) in [7, 11) is 0. The third-order valence-corrected chi connectivity index (χ3v) is 5.13. The van der Waals surface area contributed by atoms with Crippen LogP contribution in [0.1, 0.15) is 52.9 Å². The number of nitrogens with zero attached hydrogens (tertiary/aromatic N) is 1. The van der Waals surface area contributed by atoms with Crippen molar-refractivity contribution in [2.24, 2.45) is 11.3 Å². The van der Waals surface area contributed by atoms with Crippen LogP contribution in [0, 0.1) is 11.3 Å². The van der Waals surface area contributed by atoms with Crippen LogP contribution < -0.4 is 5.32 Å². The van der Waals surface area contributed by atoms with Crippen LogP contribution in [-0.2, 0) is 4.74 Å². The van der Waals surface area contributed by atoms with E-state index >= 15 is 0 Å². The first-order valence-corrected chi connectivity index (χ1v) is 8.67. The van der Waals surface area contributed by atoms with E-state index in [-0.39, 0.29) is 0 Å². The summed E-state index contributed by atoms with van der Waals surface area (Å²) < 4.78 is 5.59. The molecule has 0 radical (unpaired) electrons. The largest absolute Gasteiger partial charge is 0.380 e. The summed E-state index contributed by atoms with van der Waals surface area (Å²) >= 11 is 0. The van der Waals surface area contributed by atoms with Crippen LogP contribution in [-0.4, -0.2) is 50.3 Å². The Morgan fingerprint density at radius 1 is 1.20 bits per heavy atom. The fourth-order valence-corrected chi connectivity index (χ4v) is 4.03. The lowest BCUT2D eigenvalue weighted by molar-refractivity contribution is 0.0761. The fourth-order valence-electron chi connectivity index (χ4n) is 4.03. The van der Waals surface area contributed by atoms with Gasteiger partial charge in [0.15, 0.2) is 0 Å². The first-order chi connectivity index (χ1) is 9.63. The minimum Gasteiger partial charge on any atom is -0.380 e. The van der Waals surface area contributed by atoms with E-state index in [0.29, 0.717) is 11.5 Å². The molecule has 3 heteroatoms. The zero-order valence-corrected chi connectivity index (χ0v) is 13.8. The van der Waals surface area contributed by atoms with E-state index in [1.165, 1.54) is 45.2 Å². The molecule has 1 saturated heterocycles. The number of hydrogen-bond acceptors (Lipinski definition) is 3. The maximum absolute atomic E-state index is 5.59. The van der Waals surface area contributed by atoms with Gasteiger partial charge in [-0.25, -0.2) is 0 Å². The lowest BCUT2D eigenvalue weighted by Crippen LogP contribution is -2.53. The second-order valence-corrected chi connectivity index (χ2v) is 7.34. The quantitative estimate of drug-likeness (QED) is 0.839. The minimum absolute atomic E-state index is 0.445.